The highest BCUT2D eigenvalue weighted by atomic mass is 32.1. The minimum absolute atomic E-state index is 0.442. The lowest BCUT2D eigenvalue weighted by atomic mass is 10.00. The molecule has 0 radical (unpaired) electrons. The Bertz CT molecular complexity index is 488. The van der Waals surface area contributed by atoms with Crippen LogP contribution in [0, 0.1) is 13.8 Å². The average molecular weight is 259 g/mol. The quantitative estimate of drug-likeness (QED) is 0.846. The van der Waals surface area contributed by atoms with Gasteiger partial charge < -0.3 is 5.32 Å². The van der Waals surface area contributed by atoms with Gasteiger partial charge in [-0.3, -0.25) is 0 Å². The van der Waals surface area contributed by atoms with Crippen LogP contribution in [-0.4, -0.2) is 6.54 Å². The van der Waals surface area contributed by atoms with Crippen LogP contribution in [0.5, 0.6) is 0 Å². The summed E-state index contributed by atoms with van der Waals surface area (Å²) in [4.78, 5) is 1.43. The second-order valence-electron chi connectivity index (χ2n) is 4.75. The highest BCUT2D eigenvalue weighted by Gasteiger charge is 2.12. The van der Waals surface area contributed by atoms with E-state index in [1.807, 2.05) is 11.3 Å². The molecule has 2 heteroatoms. The Balaban J connectivity index is 2.16. The largest absolute Gasteiger partial charge is 0.309 e. The first-order chi connectivity index (χ1) is 8.70. The van der Waals surface area contributed by atoms with Gasteiger partial charge in [0.05, 0.1) is 0 Å². The maximum Gasteiger partial charge on any atom is 0.0455 e. The van der Waals surface area contributed by atoms with Gasteiger partial charge in [0.25, 0.3) is 0 Å². The standard InChI is InChI=1S/C16H21NS/c1-4-17-15(16-6-5-9-18-16)11-14-8-7-12(2)13(3)10-14/h5-10,15,17H,4,11H2,1-3H3. The second-order valence-corrected chi connectivity index (χ2v) is 5.73. The van der Waals surface area contributed by atoms with Gasteiger partial charge in [-0.05, 0) is 54.9 Å². The average Bonchev–Trinajstić information content (AvgIpc) is 2.87. The Morgan fingerprint density at radius 1 is 1.17 bits per heavy atom. The number of hydrogen-bond donors (Lipinski definition) is 1. The van der Waals surface area contributed by atoms with E-state index in [1.165, 1.54) is 21.6 Å². The summed E-state index contributed by atoms with van der Waals surface area (Å²) in [6.07, 6.45) is 1.06. The van der Waals surface area contributed by atoms with Gasteiger partial charge >= 0.3 is 0 Å². The van der Waals surface area contributed by atoms with Crippen LogP contribution >= 0.6 is 11.3 Å². The molecule has 1 nitrogen and oxygen atoms in total. The van der Waals surface area contributed by atoms with Crippen molar-refractivity contribution in [3.8, 4) is 0 Å². The van der Waals surface area contributed by atoms with Crippen molar-refractivity contribution in [2.75, 3.05) is 6.54 Å². The molecule has 18 heavy (non-hydrogen) atoms. The van der Waals surface area contributed by atoms with Crippen molar-refractivity contribution in [3.63, 3.8) is 0 Å². The van der Waals surface area contributed by atoms with E-state index in [-0.39, 0.29) is 0 Å². The van der Waals surface area contributed by atoms with Crippen molar-refractivity contribution in [2.45, 2.75) is 33.2 Å². The molecule has 0 aliphatic rings. The molecule has 0 saturated heterocycles. The molecule has 2 aromatic rings. The molecule has 1 aromatic heterocycles. The zero-order chi connectivity index (χ0) is 13.0. The minimum Gasteiger partial charge on any atom is -0.309 e. The number of aryl methyl sites for hydroxylation is 2. The van der Waals surface area contributed by atoms with Crippen LogP contribution in [0.4, 0.5) is 0 Å². The molecule has 96 valence electrons. The zero-order valence-corrected chi connectivity index (χ0v) is 12.2. The molecule has 1 heterocycles. The summed E-state index contributed by atoms with van der Waals surface area (Å²) >= 11 is 1.84. The summed E-state index contributed by atoms with van der Waals surface area (Å²) in [6.45, 7) is 7.53. The van der Waals surface area contributed by atoms with Crippen molar-refractivity contribution in [3.05, 3.63) is 57.3 Å². The Morgan fingerprint density at radius 3 is 2.61 bits per heavy atom. The van der Waals surface area contributed by atoms with E-state index in [1.54, 1.807) is 0 Å². The van der Waals surface area contributed by atoms with Gasteiger partial charge in [0.15, 0.2) is 0 Å². The van der Waals surface area contributed by atoms with Crippen LogP contribution in [0.25, 0.3) is 0 Å². The second kappa shape index (κ2) is 6.17. The molecule has 0 amide bonds. The molecule has 0 bridgehead atoms. The fourth-order valence-electron chi connectivity index (χ4n) is 2.18. The summed E-state index contributed by atoms with van der Waals surface area (Å²) < 4.78 is 0. The molecule has 1 aromatic carbocycles. The first kappa shape index (κ1) is 13.3. The van der Waals surface area contributed by atoms with Crippen LogP contribution < -0.4 is 5.32 Å². The predicted molar refractivity (Wildman–Crippen MR) is 80.4 cm³/mol. The third-order valence-corrected chi connectivity index (χ3v) is 4.33. The number of thiophene rings is 1. The summed E-state index contributed by atoms with van der Waals surface area (Å²) in [7, 11) is 0. The van der Waals surface area contributed by atoms with Crippen molar-refractivity contribution < 1.29 is 0 Å². The van der Waals surface area contributed by atoms with E-state index >= 15 is 0 Å². The Labute approximate surface area is 114 Å². The van der Waals surface area contributed by atoms with Crippen LogP contribution in [0.15, 0.2) is 35.7 Å². The molecule has 0 aliphatic heterocycles. The summed E-state index contributed by atoms with van der Waals surface area (Å²) in [5, 5.41) is 5.73. The first-order valence-corrected chi connectivity index (χ1v) is 7.41. The smallest absolute Gasteiger partial charge is 0.0455 e. The fourth-order valence-corrected chi connectivity index (χ4v) is 2.98. The Hall–Kier alpha value is -1.12. The summed E-state index contributed by atoms with van der Waals surface area (Å²) in [6, 6.07) is 11.6. The van der Waals surface area contributed by atoms with Gasteiger partial charge in [0.1, 0.15) is 0 Å². The molecule has 1 N–H and O–H groups in total. The van der Waals surface area contributed by atoms with Crippen molar-refractivity contribution >= 4 is 11.3 Å². The van der Waals surface area contributed by atoms with E-state index in [9.17, 15) is 0 Å². The normalized spacial score (nSPS) is 12.6. The first-order valence-electron chi connectivity index (χ1n) is 6.53. The lowest BCUT2D eigenvalue weighted by molar-refractivity contribution is 0.558. The van der Waals surface area contributed by atoms with Crippen LogP contribution in [-0.2, 0) is 6.42 Å². The molecule has 0 saturated carbocycles. The Morgan fingerprint density at radius 2 is 2.00 bits per heavy atom. The van der Waals surface area contributed by atoms with Gasteiger partial charge in [-0.1, -0.05) is 31.2 Å². The van der Waals surface area contributed by atoms with Crippen molar-refractivity contribution in [2.24, 2.45) is 0 Å². The van der Waals surface area contributed by atoms with Crippen molar-refractivity contribution in [1.29, 1.82) is 0 Å². The van der Waals surface area contributed by atoms with E-state index in [0.29, 0.717) is 6.04 Å². The molecule has 0 spiro atoms. The number of likely N-dealkylation sites (N-methyl/N-ethyl adjacent to an activating group) is 1. The van der Waals surface area contributed by atoms with E-state index in [0.717, 1.165) is 13.0 Å². The highest BCUT2D eigenvalue weighted by Crippen LogP contribution is 2.23. The van der Waals surface area contributed by atoms with Crippen molar-refractivity contribution in [1.82, 2.24) is 5.32 Å². The molecule has 1 atom stereocenters. The number of benzene rings is 1. The maximum atomic E-state index is 3.58. The third kappa shape index (κ3) is 3.21. The lowest BCUT2D eigenvalue weighted by Gasteiger charge is -2.17. The number of nitrogens with one attached hydrogen (secondary N) is 1. The van der Waals surface area contributed by atoms with Crippen LogP contribution in [0.1, 0.15) is 34.5 Å². The maximum absolute atomic E-state index is 3.58. The fraction of sp³-hybridized carbons (Fsp3) is 0.375. The Kier molecular flexibility index (Phi) is 4.56. The lowest BCUT2D eigenvalue weighted by Crippen LogP contribution is -2.22. The summed E-state index contributed by atoms with van der Waals surface area (Å²) in [5.41, 5.74) is 4.17. The SMILES string of the molecule is CCNC(Cc1ccc(C)c(C)c1)c1cccs1. The number of rotatable bonds is 5. The van der Waals surface area contributed by atoms with Gasteiger partial charge in [-0.15, -0.1) is 11.3 Å². The molecule has 1 unspecified atom stereocenters. The predicted octanol–water partition coefficient (Wildman–Crippen LogP) is 4.26. The van der Waals surface area contributed by atoms with Crippen LogP contribution in [0.3, 0.4) is 0 Å². The van der Waals surface area contributed by atoms with Gasteiger partial charge in [0.2, 0.25) is 0 Å². The molecular weight excluding hydrogens is 238 g/mol. The molecular formula is C16H21NS. The molecule has 2 rings (SSSR count). The zero-order valence-electron chi connectivity index (χ0n) is 11.4. The van der Waals surface area contributed by atoms with E-state index < -0.39 is 0 Å². The van der Waals surface area contributed by atoms with E-state index in [4.69, 9.17) is 0 Å². The minimum atomic E-state index is 0.442. The summed E-state index contributed by atoms with van der Waals surface area (Å²) in [5.74, 6) is 0. The van der Waals surface area contributed by atoms with E-state index in [2.05, 4.69) is 61.8 Å². The monoisotopic (exact) mass is 259 g/mol. The van der Waals surface area contributed by atoms with Crippen LogP contribution in [0.2, 0.25) is 0 Å². The third-order valence-electron chi connectivity index (χ3n) is 3.35. The molecule has 0 aliphatic carbocycles. The highest BCUT2D eigenvalue weighted by molar-refractivity contribution is 7.10. The van der Waals surface area contributed by atoms with Gasteiger partial charge in [-0.25, -0.2) is 0 Å². The van der Waals surface area contributed by atoms with Gasteiger partial charge in [0, 0.05) is 10.9 Å². The van der Waals surface area contributed by atoms with Gasteiger partial charge in [-0.2, -0.15) is 0 Å². The molecule has 0 fully saturated rings. The topological polar surface area (TPSA) is 12.0 Å². The number of hydrogen-bond acceptors (Lipinski definition) is 2.